The fourth-order valence-electron chi connectivity index (χ4n) is 1.67. The van der Waals surface area contributed by atoms with Gasteiger partial charge in [-0.25, -0.2) is 0 Å². The van der Waals surface area contributed by atoms with Crippen molar-refractivity contribution in [2.24, 2.45) is 5.41 Å². The highest BCUT2D eigenvalue weighted by Gasteiger charge is 2.30. The lowest BCUT2D eigenvalue weighted by Crippen LogP contribution is -2.31. The largest absolute Gasteiger partial charge is 0.481 e. The van der Waals surface area contributed by atoms with Gasteiger partial charge in [-0.3, -0.25) is 4.79 Å². The van der Waals surface area contributed by atoms with E-state index in [0.717, 1.165) is 19.8 Å². The first-order valence-corrected chi connectivity index (χ1v) is 4.97. The Labute approximate surface area is 84.6 Å². The van der Waals surface area contributed by atoms with E-state index in [0.29, 0.717) is 0 Å². The summed E-state index contributed by atoms with van der Waals surface area (Å²) in [5, 5.41) is 25.4. The molecule has 0 bridgehead atoms. The zero-order chi connectivity index (χ0) is 11.0. The summed E-state index contributed by atoms with van der Waals surface area (Å²) in [7, 11) is 0. The van der Waals surface area contributed by atoms with Crippen LogP contribution in [0.1, 0.15) is 39.0 Å². The summed E-state index contributed by atoms with van der Waals surface area (Å²) in [6.07, 6.45) is 5.60. The average Bonchev–Trinajstić information content (AvgIpc) is 2.18. The molecule has 0 atom stereocenters. The van der Waals surface area contributed by atoms with Crippen molar-refractivity contribution in [3.05, 3.63) is 0 Å². The molecule has 0 aromatic heterocycles. The van der Waals surface area contributed by atoms with Gasteiger partial charge in [0.1, 0.15) is 0 Å². The standard InChI is InChI=1S/C8H16O2.C2H4O2/c9-6-8(7-10)4-2-1-3-5-8;1-2(3)4/h9-10H,1-7H2;1H3,(H,3,4). The molecule has 4 nitrogen and oxygen atoms in total. The lowest BCUT2D eigenvalue weighted by atomic mass is 9.75. The lowest BCUT2D eigenvalue weighted by Gasteiger charge is -2.33. The van der Waals surface area contributed by atoms with Crippen LogP contribution in [0.5, 0.6) is 0 Å². The Kier molecular flexibility index (Phi) is 6.49. The van der Waals surface area contributed by atoms with Crippen LogP contribution < -0.4 is 0 Å². The summed E-state index contributed by atoms with van der Waals surface area (Å²) in [5.74, 6) is -0.833. The van der Waals surface area contributed by atoms with Crippen molar-refractivity contribution in [3.63, 3.8) is 0 Å². The third kappa shape index (κ3) is 5.19. The molecule has 4 heteroatoms. The Morgan fingerprint density at radius 1 is 1.14 bits per heavy atom. The van der Waals surface area contributed by atoms with E-state index in [-0.39, 0.29) is 18.6 Å². The topological polar surface area (TPSA) is 77.8 Å². The van der Waals surface area contributed by atoms with Crippen molar-refractivity contribution in [2.75, 3.05) is 13.2 Å². The normalized spacial score (nSPS) is 19.4. The van der Waals surface area contributed by atoms with Crippen molar-refractivity contribution in [1.82, 2.24) is 0 Å². The van der Waals surface area contributed by atoms with Crippen LogP contribution in [0, 0.1) is 5.41 Å². The molecule has 0 aliphatic heterocycles. The van der Waals surface area contributed by atoms with Crippen molar-refractivity contribution in [2.45, 2.75) is 39.0 Å². The highest BCUT2D eigenvalue weighted by Crippen LogP contribution is 2.34. The average molecular weight is 204 g/mol. The monoisotopic (exact) mass is 204 g/mol. The molecule has 1 aliphatic rings. The molecule has 84 valence electrons. The van der Waals surface area contributed by atoms with Gasteiger partial charge in [0.05, 0.1) is 13.2 Å². The minimum Gasteiger partial charge on any atom is -0.481 e. The third-order valence-corrected chi connectivity index (χ3v) is 2.59. The fraction of sp³-hybridized carbons (Fsp3) is 0.900. The quantitative estimate of drug-likeness (QED) is 0.627. The summed E-state index contributed by atoms with van der Waals surface area (Å²) >= 11 is 0. The maximum absolute atomic E-state index is 9.00. The fourth-order valence-corrected chi connectivity index (χ4v) is 1.67. The molecule has 1 fully saturated rings. The van der Waals surface area contributed by atoms with Crippen LogP contribution in [0.4, 0.5) is 0 Å². The van der Waals surface area contributed by atoms with Crippen molar-refractivity contribution >= 4 is 5.97 Å². The molecule has 3 N–H and O–H groups in total. The predicted molar refractivity (Wildman–Crippen MR) is 53.0 cm³/mol. The van der Waals surface area contributed by atoms with Gasteiger partial charge < -0.3 is 15.3 Å². The Morgan fingerprint density at radius 3 is 1.71 bits per heavy atom. The molecule has 0 amide bonds. The first-order valence-electron chi connectivity index (χ1n) is 4.97. The van der Waals surface area contributed by atoms with Crippen LogP contribution in [0.25, 0.3) is 0 Å². The molecule has 1 aliphatic carbocycles. The Hall–Kier alpha value is -0.610. The second kappa shape index (κ2) is 6.79. The van der Waals surface area contributed by atoms with E-state index in [1.807, 2.05) is 0 Å². The molecule has 14 heavy (non-hydrogen) atoms. The summed E-state index contributed by atoms with van der Waals surface area (Å²) < 4.78 is 0. The number of carbonyl (C=O) groups is 1. The first kappa shape index (κ1) is 13.4. The number of rotatable bonds is 2. The number of aliphatic hydroxyl groups excluding tert-OH is 2. The van der Waals surface area contributed by atoms with E-state index in [1.54, 1.807) is 0 Å². The third-order valence-electron chi connectivity index (χ3n) is 2.59. The zero-order valence-electron chi connectivity index (χ0n) is 8.70. The summed E-state index contributed by atoms with van der Waals surface area (Å²) in [5.41, 5.74) is -0.127. The number of carboxylic acids is 1. The summed E-state index contributed by atoms with van der Waals surface area (Å²) in [4.78, 5) is 9.00. The van der Waals surface area contributed by atoms with Crippen LogP contribution in [-0.4, -0.2) is 34.5 Å². The Bertz CT molecular complexity index is 152. The number of hydrogen-bond donors (Lipinski definition) is 3. The van der Waals surface area contributed by atoms with E-state index in [2.05, 4.69) is 0 Å². The maximum Gasteiger partial charge on any atom is 0.300 e. The number of aliphatic carboxylic acids is 1. The van der Waals surface area contributed by atoms with Crippen molar-refractivity contribution < 1.29 is 20.1 Å². The molecule has 0 heterocycles. The molecule has 0 aromatic carbocycles. The highest BCUT2D eigenvalue weighted by molar-refractivity contribution is 5.62. The smallest absolute Gasteiger partial charge is 0.300 e. The molecule has 0 spiro atoms. The van der Waals surface area contributed by atoms with Gasteiger partial charge in [0.25, 0.3) is 5.97 Å². The number of carboxylic acid groups (broad SMARTS) is 1. The minimum atomic E-state index is -0.833. The van der Waals surface area contributed by atoms with Crippen LogP contribution in [0.3, 0.4) is 0 Å². The molecule has 0 saturated heterocycles. The van der Waals surface area contributed by atoms with Gasteiger partial charge in [-0.1, -0.05) is 19.3 Å². The van der Waals surface area contributed by atoms with Gasteiger partial charge in [0.15, 0.2) is 0 Å². The molecule has 1 saturated carbocycles. The van der Waals surface area contributed by atoms with E-state index in [9.17, 15) is 0 Å². The highest BCUT2D eigenvalue weighted by atomic mass is 16.4. The second-order valence-corrected chi connectivity index (χ2v) is 3.90. The summed E-state index contributed by atoms with van der Waals surface area (Å²) in [6.45, 7) is 1.40. The lowest BCUT2D eigenvalue weighted by molar-refractivity contribution is -0.134. The van der Waals surface area contributed by atoms with Gasteiger partial charge in [0.2, 0.25) is 0 Å². The molecular weight excluding hydrogens is 184 g/mol. The molecule has 0 radical (unpaired) electrons. The van der Waals surface area contributed by atoms with Gasteiger partial charge >= 0.3 is 0 Å². The van der Waals surface area contributed by atoms with Gasteiger partial charge in [-0.15, -0.1) is 0 Å². The Morgan fingerprint density at radius 2 is 1.50 bits per heavy atom. The van der Waals surface area contributed by atoms with Crippen molar-refractivity contribution in [3.8, 4) is 0 Å². The van der Waals surface area contributed by atoms with E-state index < -0.39 is 5.97 Å². The van der Waals surface area contributed by atoms with E-state index >= 15 is 0 Å². The van der Waals surface area contributed by atoms with Crippen LogP contribution in [0.2, 0.25) is 0 Å². The maximum atomic E-state index is 9.00. The van der Waals surface area contributed by atoms with Gasteiger partial charge in [-0.2, -0.15) is 0 Å². The van der Waals surface area contributed by atoms with Crippen LogP contribution in [0.15, 0.2) is 0 Å². The summed E-state index contributed by atoms with van der Waals surface area (Å²) in [6, 6.07) is 0. The van der Waals surface area contributed by atoms with Crippen LogP contribution in [-0.2, 0) is 4.79 Å². The molecule has 0 unspecified atom stereocenters. The predicted octanol–water partition coefficient (Wildman–Crippen LogP) is 1.01. The van der Waals surface area contributed by atoms with Gasteiger partial charge in [-0.05, 0) is 12.8 Å². The second-order valence-electron chi connectivity index (χ2n) is 3.90. The Balaban J connectivity index is 0.000000364. The molecular formula is C10H20O4. The van der Waals surface area contributed by atoms with E-state index in [1.165, 1.54) is 19.3 Å². The SMILES string of the molecule is CC(=O)O.OCC1(CO)CCCCC1. The molecule has 1 rings (SSSR count). The van der Waals surface area contributed by atoms with Gasteiger partial charge in [0, 0.05) is 12.3 Å². The zero-order valence-corrected chi connectivity index (χ0v) is 8.70. The van der Waals surface area contributed by atoms with E-state index in [4.69, 9.17) is 20.1 Å². The van der Waals surface area contributed by atoms with Crippen LogP contribution >= 0.6 is 0 Å². The minimum absolute atomic E-state index is 0.127. The molecule has 0 aromatic rings. The number of hydrogen-bond acceptors (Lipinski definition) is 3. The number of aliphatic hydroxyl groups is 2. The first-order chi connectivity index (χ1) is 6.56. The van der Waals surface area contributed by atoms with Crippen molar-refractivity contribution in [1.29, 1.82) is 0 Å².